The Morgan fingerprint density at radius 2 is 1.96 bits per heavy atom. The summed E-state index contributed by atoms with van der Waals surface area (Å²) in [5.41, 5.74) is 3.48. The molecule has 1 aliphatic rings. The van der Waals surface area contributed by atoms with Crippen LogP contribution in [0.2, 0.25) is 0 Å². The van der Waals surface area contributed by atoms with Gasteiger partial charge in [-0.15, -0.1) is 11.3 Å². The Hall–Kier alpha value is -2.07. The number of rotatable bonds is 5. The maximum Gasteiger partial charge on any atom is 0.158 e. The molecule has 0 amide bonds. The van der Waals surface area contributed by atoms with Crippen LogP contribution in [0, 0.1) is 0 Å². The van der Waals surface area contributed by atoms with Gasteiger partial charge in [-0.05, 0) is 41.5 Å². The van der Waals surface area contributed by atoms with E-state index in [9.17, 15) is 4.79 Å². The number of ketones is 1. The topological polar surface area (TPSA) is 32.3 Å². The minimum atomic E-state index is 0.214. The third-order valence-corrected chi connectivity index (χ3v) is 5.08. The molecule has 1 heterocycles. The zero-order valence-corrected chi connectivity index (χ0v) is 14.4. The number of thiophene rings is 1. The van der Waals surface area contributed by atoms with E-state index < -0.39 is 0 Å². The summed E-state index contributed by atoms with van der Waals surface area (Å²) in [5.74, 6) is 0.487. The fourth-order valence-electron chi connectivity index (χ4n) is 2.91. The molecule has 4 heteroatoms. The molecular weight excluding hydrogens is 304 g/mol. The molecule has 120 valence electrons. The number of nitrogens with one attached hydrogen (secondary N) is 1. The van der Waals surface area contributed by atoms with E-state index in [1.807, 2.05) is 14.1 Å². The van der Waals surface area contributed by atoms with Gasteiger partial charge in [0.25, 0.3) is 0 Å². The van der Waals surface area contributed by atoms with Crippen molar-refractivity contribution in [2.75, 3.05) is 19.0 Å². The summed E-state index contributed by atoms with van der Waals surface area (Å²) >= 11 is 1.73. The number of carbonyl (C=O) groups is 1. The van der Waals surface area contributed by atoms with Gasteiger partial charge in [0.2, 0.25) is 0 Å². The van der Waals surface area contributed by atoms with E-state index >= 15 is 0 Å². The molecule has 1 aromatic heterocycles. The monoisotopic (exact) mass is 326 g/mol. The average molecular weight is 326 g/mol. The molecule has 0 radical (unpaired) electrons. The summed E-state index contributed by atoms with van der Waals surface area (Å²) in [7, 11) is 4.07. The molecule has 1 aliphatic carbocycles. The zero-order valence-electron chi connectivity index (χ0n) is 13.6. The van der Waals surface area contributed by atoms with Crippen molar-refractivity contribution < 1.29 is 4.79 Å². The first-order valence-electron chi connectivity index (χ1n) is 7.89. The van der Waals surface area contributed by atoms with Crippen LogP contribution in [0.5, 0.6) is 0 Å². The summed E-state index contributed by atoms with van der Waals surface area (Å²) in [4.78, 5) is 15.4. The lowest BCUT2D eigenvalue weighted by Gasteiger charge is -2.24. The van der Waals surface area contributed by atoms with Gasteiger partial charge in [-0.25, -0.2) is 0 Å². The van der Waals surface area contributed by atoms with Crippen molar-refractivity contribution in [2.24, 2.45) is 0 Å². The first-order valence-corrected chi connectivity index (χ1v) is 8.77. The van der Waals surface area contributed by atoms with Gasteiger partial charge in [-0.3, -0.25) is 4.79 Å². The quantitative estimate of drug-likeness (QED) is 0.903. The molecule has 0 saturated carbocycles. The molecular formula is C19H22N2OS. The molecule has 0 bridgehead atoms. The van der Waals surface area contributed by atoms with Crippen LogP contribution in [0.3, 0.4) is 0 Å². The van der Waals surface area contributed by atoms with Crippen molar-refractivity contribution in [3.05, 3.63) is 64.0 Å². The third kappa shape index (κ3) is 4.02. The molecule has 1 aromatic carbocycles. The maximum atomic E-state index is 12.1. The van der Waals surface area contributed by atoms with E-state index in [1.54, 1.807) is 17.4 Å². The SMILES string of the molecule is CN(C)c1ccc([C@H]2CC(=O)C=C(NCc3cccs3)C2)cc1. The van der Waals surface area contributed by atoms with E-state index in [2.05, 4.69) is 52.0 Å². The second kappa shape index (κ2) is 7.01. The first kappa shape index (κ1) is 15.8. The number of allylic oxidation sites excluding steroid dienone is 2. The number of hydrogen-bond acceptors (Lipinski definition) is 4. The minimum Gasteiger partial charge on any atom is -0.383 e. The molecule has 3 nitrogen and oxygen atoms in total. The molecule has 1 atom stereocenters. The van der Waals surface area contributed by atoms with Gasteiger partial charge in [-0.2, -0.15) is 0 Å². The highest BCUT2D eigenvalue weighted by Crippen LogP contribution is 2.31. The molecule has 0 saturated heterocycles. The van der Waals surface area contributed by atoms with Crippen LogP contribution < -0.4 is 10.2 Å². The number of anilines is 1. The normalized spacial score (nSPS) is 17.7. The summed E-state index contributed by atoms with van der Waals surface area (Å²) in [6.45, 7) is 0.795. The van der Waals surface area contributed by atoms with E-state index in [4.69, 9.17) is 0 Å². The highest BCUT2D eigenvalue weighted by molar-refractivity contribution is 7.09. The number of benzene rings is 1. The van der Waals surface area contributed by atoms with Crippen LogP contribution in [0.25, 0.3) is 0 Å². The van der Waals surface area contributed by atoms with E-state index in [-0.39, 0.29) is 11.7 Å². The average Bonchev–Trinajstić information content (AvgIpc) is 3.06. The van der Waals surface area contributed by atoms with Crippen LogP contribution >= 0.6 is 11.3 Å². The maximum absolute atomic E-state index is 12.1. The van der Waals surface area contributed by atoms with Crippen LogP contribution in [-0.4, -0.2) is 19.9 Å². The van der Waals surface area contributed by atoms with Gasteiger partial charge in [0, 0.05) is 49.4 Å². The van der Waals surface area contributed by atoms with Crippen molar-refractivity contribution in [1.82, 2.24) is 5.32 Å². The van der Waals surface area contributed by atoms with E-state index in [0.29, 0.717) is 6.42 Å². The third-order valence-electron chi connectivity index (χ3n) is 4.20. The van der Waals surface area contributed by atoms with Gasteiger partial charge >= 0.3 is 0 Å². The van der Waals surface area contributed by atoms with Crippen molar-refractivity contribution in [1.29, 1.82) is 0 Å². The fourth-order valence-corrected chi connectivity index (χ4v) is 3.55. The summed E-state index contributed by atoms with van der Waals surface area (Å²) in [5, 5.41) is 5.50. The van der Waals surface area contributed by atoms with Gasteiger partial charge in [0.05, 0.1) is 0 Å². The standard InChI is InChI=1S/C19H22N2OS/c1-21(2)17-7-5-14(6-8-17)15-10-16(12-18(22)11-15)20-13-19-4-3-9-23-19/h3-9,12,15,20H,10-11,13H2,1-2H3/t15-/m1/s1. The molecule has 0 unspecified atom stereocenters. The molecule has 2 aromatic rings. The van der Waals surface area contributed by atoms with E-state index in [0.717, 1.165) is 18.7 Å². The van der Waals surface area contributed by atoms with Gasteiger partial charge in [0.1, 0.15) is 0 Å². The van der Waals surface area contributed by atoms with Crippen LogP contribution in [-0.2, 0) is 11.3 Å². The lowest BCUT2D eigenvalue weighted by Crippen LogP contribution is -2.21. The van der Waals surface area contributed by atoms with Crippen molar-refractivity contribution in [3.8, 4) is 0 Å². The van der Waals surface area contributed by atoms with Crippen molar-refractivity contribution in [2.45, 2.75) is 25.3 Å². The highest BCUT2D eigenvalue weighted by atomic mass is 32.1. The Morgan fingerprint density at radius 1 is 1.17 bits per heavy atom. The first-order chi connectivity index (χ1) is 11.1. The number of hydrogen-bond donors (Lipinski definition) is 1. The summed E-state index contributed by atoms with van der Waals surface area (Å²) in [6, 6.07) is 12.7. The van der Waals surface area contributed by atoms with Gasteiger partial charge in [0.15, 0.2) is 5.78 Å². The highest BCUT2D eigenvalue weighted by Gasteiger charge is 2.22. The largest absolute Gasteiger partial charge is 0.383 e. The molecule has 0 spiro atoms. The second-order valence-corrected chi connectivity index (χ2v) is 7.19. The predicted octanol–water partition coefficient (Wildman–Crippen LogP) is 3.93. The fraction of sp³-hybridized carbons (Fsp3) is 0.316. The summed E-state index contributed by atoms with van der Waals surface area (Å²) in [6.07, 6.45) is 3.28. The van der Waals surface area contributed by atoms with Crippen LogP contribution in [0.1, 0.15) is 29.2 Å². The number of nitrogens with zero attached hydrogens (tertiary/aromatic N) is 1. The minimum absolute atomic E-state index is 0.214. The Kier molecular flexibility index (Phi) is 4.82. The molecule has 1 N–H and O–H groups in total. The van der Waals surface area contributed by atoms with Crippen LogP contribution in [0.4, 0.5) is 5.69 Å². The Morgan fingerprint density at radius 3 is 2.61 bits per heavy atom. The second-order valence-electron chi connectivity index (χ2n) is 6.16. The van der Waals surface area contributed by atoms with Crippen molar-refractivity contribution >= 4 is 22.8 Å². The predicted molar refractivity (Wildman–Crippen MR) is 97.0 cm³/mol. The smallest absolute Gasteiger partial charge is 0.158 e. The van der Waals surface area contributed by atoms with Gasteiger partial charge in [-0.1, -0.05) is 18.2 Å². The van der Waals surface area contributed by atoms with Crippen molar-refractivity contribution in [3.63, 3.8) is 0 Å². The Labute approximate surface area is 141 Å². The molecule has 0 fully saturated rings. The molecule has 0 aliphatic heterocycles. The zero-order chi connectivity index (χ0) is 16.2. The molecule has 23 heavy (non-hydrogen) atoms. The molecule has 3 rings (SSSR count). The Bertz CT molecular complexity index is 687. The number of carbonyl (C=O) groups excluding carboxylic acids is 1. The lowest BCUT2D eigenvalue weighted by molar-refractivity contribution is -0.115. The van der Waals surface area contributed by atoms with E-state index in [1.165, 1.54) is 16.1 Å². The Balaban J connectivity index is 1.67. The lowest BCUT2D eigenvalue weighted by atomic mass is 9.85. The summed E-state index contributed by atoms with van der Waals surface area (Å²) < 4.78 is 0. The van der Waals surface area contributed by atoms with Crippen LogP contribution in [0.15, 0.2) is 53.6 Å². The van der Waals surface area contributed by atoms with Gasteiger partial charge < -0.3 is 10.2 Å².